The fraction of sp³-hybridized carbons (Fsp3) is 1.00. The largest absolute Gasteiger partial charge is 0.317 e. The molecule has 1 heteroatoms. The first-order valence-corrected chi connectivity index (χ1v) is 7.89. The van der Waals surface area contributed by atoms with Crippen LogP contribution in [-0.2, 0) is 0 Å². The summed E-state index contributed by atoms with van der Waals surface area (Å²) in [6.07, 6.45) is 14.2. The Morgan fingerprint density at radius 3 is 1.65 bits per heavy atom. The number of rotatable bonds is 12. The normalized spacial score (nSPS) is 13.2. The molecule has 1 unspecified atom stereocenters. The summed E-state index contributed by atoms with van der Waals surface area (Å²) < 4.78 is 0. The van der Waals surface area contributed by atoms with Gasteiger partial charge < -0.3 is 5.32 Å². The summed E-state index contributed by atoms with van der Waals surface area (Å²) in [5, 5.41) is 3.43. The Bertz CT molecular complexity index is 142. The van der Waals surface area contributed by atoms with Crippen molar-refractivity contribution in [2.45, 2.75) is 91.0 Å². The lowest BCUT2D eigenvalue weighted by Crippen LogP contribution is -2.30. The van der Waals surface area contributed by atoms with Gasteiger partial charge in [-0.1, -0.05) is 78.6 Å². The van der Waals surface area contributed by atoms with Crippen molar-refractivity contribution in [3.63, 3.8) is 0 Å². The molecular weight excluding hydrogens is 206 g/mol. The molecule has 0 amide bonds. The molecule has 0 bridgehead atoms. The zero-order valence-corrected chi connectivity index (χ0v) is 12.7. The third-order valence-corrected chi connectivity index (χ3v) is 3.79. The minimum Gasteiger partial charge on any atom is -0.317 e. The van der Waals surface area contributed by atoms with Gasteiger partial charge in [-0.05, 0) is 19.4 Å². The molecule has 0 aliphatic carbocycles. The first-order valence-electron chi connectivity index (χ1n) is 7.89. The van der Waals surface area contributed by atoms with Gasteiger partial charge in [-0.25, -0.2) is 0 Å². The van der Waals surface area contributed by atoms with Crippen LogP contribution in [0.4, 0.5) is 0 Å². The Kier molecular flexibility index (Phi) is 12.4. The van der Waals surface area contributed by atoms with E-state index in [1.54, 1.807) is 0 Å². The van der Waals surface area contributed by atoms with Crippen molar-refractivity contribution >= 4 is 0 Å². The van der Waals surface area contributed by atoms with E-state index < -0.39 is 0 Å². The van der Waals surface area contributed by atoms with Gasteiger partial charge >= 0.3 is 0 Å². The molecule has 0 radical (unpaired) electrons. The second kappa shape index (κ2) is 12.4. The van der Waals surface area contributed by atoms with Crippen LogP contribution in [0.5, 0.6) is 0 Å². The van der Waals surface area contributed by atoms with E-state index in [4.69, 9.17) is 0 Å². The third kappa shape index (κ3) is 10.8. The summed E-state index contributed by atoms with van der Waals surface area (Å²) >= 11 is 0. The van der Waals surface area contributed by atoms with Crippen LogP contribution in [0.25, 0.3) is 0 Å². The molecule has 0 aromatic heterocycles. The fourth-order valence-corrected chi connectivity index (χ4v) is 2.49. The van der Waals surface area contributed by atoms with Crippen molar-refractivity contribution in [1.82, 2.24) is 5.32 Å². The highest BCUT2D eigenvalue weighted by Crippen LogP contribution is 2.13. The number of nitrogens with one attached hydrogen (secondary N) is 1. The van der Waals surface area contributed by atoms with E-state index in [9.17, 15) is 0 Å². The van der Waals surface area contributed by atoms with Crippen LogP contribution < -0.4 is 5.32 Å². The van der Waals surface area contributed by atoms with E-state index in [0.717, 1.165) is 12.0 Å². The minimum absolute atomic E-state index is 0.722. The molecule has 104 valence electrons. The Hall–Kier alpha value is -0.0400. The average molecular weight is 241 g/mol. The van der Waals surface area contributed by atoms with Crippen molar-refractivity contribution in [2.75, 3.05) is 7.05 Å². The van der Waals surface area contributed by atoms with Gasteiger partial charge in [-0.2, -0.15) is 0 Å². The van der Waals surface area contributed by atoms with Gasteiger partial charge in [0.1, 0.15) is 0 Å². The summed E-state index contributed by atoms with van der Waals surface area (Å²) in [6.45, 7) is 6.91. The maximum absolute atomic E-state index is 3.43. The zero-order valence-electron chi connectivity index (χ0n) is 12.7. The fourth-order valence-electron chi connectivity index (χ4n) is 2.49. The predicted octanol–water partition coefficient (Wildman–Crippen LogP) is 5.15. The molecule has 0 aromatic rings. The van der Waals surface area contributed by atoms with E-state index in [1.165, 1.54) is 64.2 Å². The van der Waals surface area contributed by atoms with Gasteiger partial charge in [0.2, 0.25) is 0 Å². The third-order valence-electron chi connectivity index (χ3n) is 3.79. The average Bonchev–Trinajstić information content (AvgIpc) is 2.31. The van der Waals surface area contributed by atoms with Crippen LogP contribution in [0.3, 0.4) is 0 Å². The second-order valence-corrected chi connectivity index (χ2v) is 5.76. The van der Waals surface area contributed by atoms with Crippen molar-refractivity contribution in [3.05, 3.63) is 0 Å². The Morgan fingerprint density at radius 2 is 1.24 bits per heavy atom. The van der Waals surface area contributed by atoms with Gasteiger partial charge in [-0.3, -0.25) is 0 Å². The lowest BCUT2D eigenvalue weighted by molar-refractivity contribution is 0.385. The van der Waals surface area contributed by atoms with Crippen LogP contribution in [0, 0.1) is 5.92 Å². The SMILES string of the molecule is CCCCCCCCCCCC(NC)C(C)C. The van der Waals surface area contributed by atoms with Gasteiger partial charge in [0.25, 0.3) is 0 Å². The highest BCUT2D eigenvalue weighted by molar-refractivity contribution is 4.67. The highest BCUT2D eigenvalue weighted by atomic mass is 14.9. The van der Waals surface area contributed by atoms with Crippen molar-refractivity contribution in [2.24, 2.45) is 5.92 Å². The number of hydrogen-bond donors (Lipinski definition) is 1. The van der Waals surface area contributed by atoms with Crippen molar-refractivity contribution < 1.29 is 0 Å². The molecule has 1 N–H and O–H groups in total. The van der Waals surface area contributed by atoms with Crippen molar-refractivity contribution in [1.29, 1.82) is 0 Å². The topological polar surface area (TPSA) is 12.0 Å². The van der Waals surface area contributed by atoms with Crippen LogP contribution in [-0.4, -0.2) is 13.1 Å². The summed E-state index contributed by atoms with van der Waals surface area (Å²) in [4.78, 5) is 0. The molecule has 0 spiro atoms. The number of hydrogen-bond acceptors (Lipinski definition) is 1. The van der Waals surface area contributed by atoms with Gasteiger partial charge in [0, 0.05) is 6.04 Å². The number of unbranched alkanes of at least 4 members (excludes halogenated alkanes) is 8. The smallest absolute Gasteiger partial charge is 0.00870 e. The van der Waals surface area contributed by atoms with E-state index in [2.05, 4.69) is 33.1 Å². The van der Waals surface area contributed by atoms with Crippen LogP contribution in [0.15, 0.2) is 0 Å². The van der Waals surface area contributed by atoms with Crippen LogP contribution in [0.2, 0.25) is 0 Å². The monoisotopic (exact) mass is 241 g/mol. The Balaban J connectivity index is 3.17. The molecule has 1 nitrogen and oxygen atoms in total. The molecule has 1 atom stereocenters. The first-order chi connectivity index (χ1) is 8.22. The van der Waals surface area contributed by atoms with E-state index in [-0.39, 0.29) is 0 Å². The quantitative estimate of drug-likeness (QED) is 0.466. The maximum Gasteiger partial charge on any atom is 0.00870 e. The molecule has 0 rings (SSSR count). The van der Waals surface area contributed by atoms with E-state index >= 15 is 0 Å². The van der Waals surface area contributed by atoms with Crippen molar-refractivity contribution in [3.8, 4) is 0 Å². The minimum atomic E-state index is 0.722. The standard InChI is InChI=1S/C16H35N/c1-5-6-7-8-9-10-11-12-13-14-16(17-4)15(2)3/h15-17H,5-14H2,1-4H3. The molecule has 0 saturated carbocycles. The predicted molar refractivity (Wildman–Crippen MR) is 79.5 cm³/mol. The highest BCUT2D eigenvalue weighted by Gasteiger charge is 2.09. The van der Waals surface area contributed by atoms with Gasteiger partial charge in [0.15, 0.2) is 0 Å². The summed E-state index contributed by atoms with van der Waals surface area (Å²) in [7, 11) is 2.10. The maximum atomic E-state index is 3.43. The molecule has 0 aliphatic rings. The molecule has 0 saturated heterocycles. The molecular formula is C16H35N. The van der Waals surface area contributed by atoms with Gasteiger partial charge in [0.05, 0.1) is 0 Å². The Labute approximate surface area is 110 Å². The lowest BCUT2D eigenvalue weighted by Gasteiger charge is -2.19. The summed E-state index contributed by atoms with van der Waals surface area (Å²) in [5.41, 5.74) is 0. The molecule has 17 heavy (non-hydrogen) atoms. The molecule has 0 heterocycles. The first kappa shape index (κ1) is 17.0. The zero-order chi connectivity index (χ0) is 12.9. The van der Waals surface area contributed by atoms with Gasteiger partial charge in [-0.15, -0.1) is 0 Å². The molecule has 0 aliphatic heterocycles. The molecule has 0 fully saturated rings. The van der Waals surface area contributed by atoms with E-state index in [1.807, 2.05) is 0 Å². The summed E-state index contributed by atoms with van der Waals surface area (Å²) in [5.74, 6) is 0.772. The molecule has 0 aromatic carbocycles. The second-order valence-electron chi connectivity index (χ2n) is 5.76. The van der Waals surface area contributed by atoms with E-state index in [0.29, 0.717) is 0 Å². The van der Waals surface area contributed by atoms with Crippen LogP contribution >= 0.6 is 0 Å². The Morgan fingerprint density at radius 1 is 0.765 bits per heavy atom. The lowest BCUT2D eigenvalue weighted by atomic mass is 9.97. The summed E-state index contributed by atoms with van der Waals surface area (Å²) in [6, 6.07) is 0.722. The van der Waals surface area contributed by atoms with Crippen LogP contribution in [0.1, 0.15) is 85.0 Å².